The largest absolute Gasteiger partial charge is 0.495 e. The Labute approximate surface area is 152 Å². The summed E-state index contributed by atoms with van der Waals surface area (Å²) in [5.74, 6) is 1.28. The Morgan fingerprint density at radius 1 is 1.19 bits per heavy atom. The van der Waals surface area contributed by atoms with E-state index >= 15 is 0 Å². The highest BCUT2D eigenvalue weighted by atomic mass is 19.1. The summed E-state index contributed by atoms with van der Waals surface area (Å²) in [5, 5.41) is 1.93. The number of benzene rings is 2. The molecule has 0 saturated carbocycles. The fourth-order valence-corrected chi connectivity index (χ4v) is 2.89. The van der Waals surface area contributed by atoms with Crippen LogP contribution < -0.4 is 15.8 Å². The maximum atomic E-state index is 13.5. The van der Waals surface area contributed by atoms with Crippen LogP contribution >= 0.6 is 0 Å². The molecule has 5 heteroatoms. The van der Waals surface area contributed by atoms with Gasteiger partial charge in [0.2, 0.25) is 5.84 Å². The Morgan fingerprint density at radius 3 is 2.73 bits per heavy atom. The zero-order valence-electron chi connectivity index (χ0n) is 15.0. The van der Waals surface area contributed by atoms with Crippen LogP contribution in [0.15, 0.2) is 65.2 Å². The van der Waals surface area contributed by atoms with Crippen molar-refractivity contribution in [2.75, 3.05) is 12.8 Å². The predicted octanol–water partition coefficient (Wildman–Crippen LogP) is 3.79. The van der Waals surface area contributed by atoms with Gasteiger partial charge in [-0.15, -0.1) is 0 Å². The van der Waals surface area contributed by atoms with Gasteiger partial charge in [0, 0.05) is 11.6 Å². The third-order valence-electron chi connectivity index (χ3n) is 4.31. The number of amidine groups is 1. The lowest BCUT2D eigenvalue weighted by Gasteiger charge is -2.08. The van der Waals surface area contributed by atoms with Crippen LogP contribution in [0.1, 0.15) is 25.3 Å². The second kappa shape index (κ2) is 7.97. The molecule has 3 rings (SSSR count). The van der Waals surface area contributed by atoms with Crippen LogP contribution in [0.25, 0.3) is 5.70 Å². The Morgan fingerprint density at radius 2 is 2.04 bits per heavy atom. The predicted molar refractivity (Wildman–Crippen MR) is 104 cm³/mol. The van der Waals surface area contributed by atoms with E-state index in [0.29, 0.717) is 11.4 Å². The van der Waals surface area contributed by atoms with Gasteiger partial charge in [-0.05, 0) is 42.8 Å². The van der Waals surface area contributed by atoms with Crippen molar-refractivity contribution < 1.29 is 14.4 Å². The number of hydrogen-bond acceptors (Lipinski definition) is 3. The maximum absolute atomic E-state index is 13.5. The lowest BCUT2D eigenvalue weighted by molar-refractivity contribution is -0.446. The van der Waals surface area contributed by atoms with Crippen LogP contribution in [0.5, 0.6) is 5.75 Å². The molecule has 0 saturated heterocycles. The number of halogens is 1. The monoisotopic (exact) mass is 352 g/mol. The standard InChI is InChI=1S/C21H22FN3O/c1-3-14-7-9-19(15-8-10-20(26-2)18(23)12-15)25-21(11-14)24-17-6-4-5-16(22)13-17/h4-10,12-13H,3,11,23H2,1-2H3,(H,24,25)/p+1. The Hall–Kier alpha value is -2.92. The molecule has 0 amide bonds. The zero-order chi connectivity index (χ0) is 18.5. The molecule has 0 radical (unpaired) electrons. The van der Waals surface area contributed by atoms with Gasteiger partial charge in [-0.1, -0.05) is 24.6 Å². The van der Waals surface area contributed by atoms with Crippen LogP contribution in [-0.2, 0) is 0 Å². The highest BCUT2D eigenvalue weighted by Gasteiger charge is 2.15. The van der Waals surface area contributed by atoms with Crippen molar-refractivity contribution in [3.8, 4) is 5.75 Å². The smallest absolute Gasteiger partial charge is 0.209 e. The van der Waals surface area contributed by atoms with Crippen molar-refractivity contribution >= 4 is 22.9 Å². The summed E-state index contributed by atoms with van der Waals surface area (Å²) in [5.41, 5.74) is 10.4. The van der Waals surface area contributed by atoms with E-state index < -0.39 is 0 Å². The van der Waals surface area contributed by atoms with E-state index in [2.05, 4.69) is 13.0 Å². The number of quaternary nitrogens is 1. The summed E-state index contributed by atoms with van der Waals surface area (Å²) in [6.07, 6.45) is 5.78. The number of nitrogen functional groups attached to an aromatic ring is 1. The lowest BCUT2D eigenvalue weighted by Crippen LogP contribution is -2.82. The minimum Gasteiger partial charge on any atom is -0.495 e. The van der Waals surface area contributed by atoms with Gasteiger partial charge in [0.05, 0.1) is 24.9 Å². The topological polar surface area (TPSA) is 64.2 Å². The average molecular weight is 352 g/mol. The molecule has 0 atom stereocenters. The summed E-state index contributed by atoms with van der Waals surface area (Å²) in [6.45, 7) is 2.12. The first kappa shape index (κ1) is 17.9. The number of nitrogens with two attached hydrogens (primary N) is 2. The molecule has 2 aromatic carbocycles. The first-order valence-corrected chi connectivity index (χ1v) is 8.60. The molecule has 1 aliphatic rings. The van der Waals surface area contributed by atoms with Crippen LogP contribution in [0.3, 0.4) is 0 Å². The van der Waals surface area contributed by atoms with Gasteiger partial charge in [-0.2, -0.15) is 4.99 Å². The van der Waals surface area contributed by atoms with Gasteiger partial charge in [-0.25, -0.2) is 4.39 Å². The van der Waals surface area contributed by atoms with Gasteiger partial charge >= 0.3 is 0 Å². The fourth-order valence-electron chi connectivity index (χ4n) is 2.89. The van der Waals surface area contributed by atoms with Gasteiger partial charge in [-0.3, -0.25) is 5.32 Å². The molecule has 0 spiro atoms. The molecule has 4 N–H and O–H groups in total. The van der Waals surface area contributed by atoms with Crippen molar-refractivity contribution in [2.45, 2.75) is 19.8 Å². The van der Waals surface area contributed by atoms with E-state index in [1.165, 1.54) is 17.7 Å². The Bertz CT molecular complexity index is 900. The van der Waals surface area contributed by atoms with Gasteiger partial charge in [0.15, 0.2) is 0 Å². The van der Waals surface area contributed by atoms with Crippen LogP contribution in [0, 0.1) is 5.82 Å². The van der Waals surface area contributed by atoms with Crippen molar-refractivity contribution in [2.24, 2.45) is 4.99 Å². The van der Waals surface area contributed by atoms with E-state index in [9.17, 15) is 4.39 Å². The van der Waals surface area contributed by atoms with Crippen LogP contribution in [-0.4, -0.2) is 12.9 Å². The first-order valence-electron chi connectivity index (χ1n) is 8.60. The van der Waals surface area contributed by atoms with Crippen LogP contribution in [0.4, 0.5) is 15.8 Å². The fraction of sp³-hybridized carbons (Fsp3) is 0.190. The van der Waals surface area contributed by atoms with Crippen molar-refractivity contribution in [3.05, 3.63) is 71.6 Å². The summed E-state index contributed by atoms with van der Waals surface area (Å²) >= 11 is 0. The Kier molecular flexibility index (Phi) is 5.49. The van der Waals surface area contributed by atoms with Crippen molar-refractivity contribution in [1.29, 1.82) is 0 Å². The van der Waals surface area contributed by atoms with Gasteiger partial charge in [0.1, 0.15) is 17.3 Å². The van der Waals surface area contributed by atoms with Crippen molar-refractivity contribution in [1.82, 2.24) is 0 Å². The molecular formula is C21H23FN3O+. The summed E-state index contributed by atoms with van der Waals surface area (Å²) < 4.78 is 18.7. The Balaban J connectivity index is 1.95. The SMILES string of the molecule is CCC1=CC=C(c2ccc(OC)c(N)c2)N=C([NH2+]c2cccc(F)c2)C1. The molecule has 0 aromatic heterocycles. The minimum atomic E-state index is -0.252. The second-order valence-electron chi connectivity index (χ2n) is 6.17. The van der Waals surface area contributed by atoms with E-state index in [1.807, 2.05) is 35.7 Å². The number of nitrogens with zero attached hydrogens (tertiary/aromatic N) is 1. The van der Waals surface area contributed by atoms with Gasteiger partial charge in [0.25, 0.3) is 0 Å². The highest BCUT2D eigenvalue weighted by molar-refractivity contribution is 5.86. The van der Waals surface area contributed by atoms with E-state index in [-0.39, 0.29) is 5.82 Å². The number of methoxy groups -OCH3 is 1. The van der Waals surface area contributed by atoms with E-state index in [1.54, 1.807) is 13.2 Å². The number of ether oxygens (including phenoxy) is 1. The van der Waals surface area contributed by atoms with Gasteiger partial charge < -0.3 is 10.5 Å². The molecule has 0 fully saturated rings. The normalized spacial score (nSPS) is 14.2. The number of rotatable bonds is 4. The maximum Gasteiger partial charge on any atom is 0.209 e. The summed E-state index contributed by atoms with van der Waals surface area (Å²) in [6, 6.07) is 12.2. The first-order chi connectivity index (χ1) is 12.6. The average Bonchev–Trinajstić information content (AvgIpc) is 2.84. The molecule has 2 aromatic rings. The molecule has 0 bridgehead atoms. The second-order valence-corrected chi connectivity index (χ2v) is 6.17. The summed E-state index contributed by atoms with van der Waals surface area (Å²) in [4.78, 5) is 4.82. The molecule has 4 nitrogen and oxygen atoms in total. The summed E-state index contributed by atoms with van der Waals surface area (Å²) in [7, 11) is 1.59. The zero-order valence-corrected chi connectivity index (χ0v) is 15.0. The third kappa shape index (κ3) is 4.18. The van der Waals surface area contributed by atoms with E-state index in [4.69, 9.17) is 15.5 Å². The molecule has 0 aliphatic carbocycles. The van der Waals surface area contributed by atoms with Crippen molar-refractivity contribution in [3.63, 3.8) is 0 Å². The minimum absolute atomic E-state index is 0.252. The number of aliphatic imine (C=N–C) groups is 1. The molecule has 1 heterocycles. The number of hydrogen-bond donors (Lipinski definition) is 2. The van der Waals surface area contributed by atoms with Crippen LogP contribution in [0.2, 0.25) is 0 Å². The lowest BCUT2D eigenvalue weighted by atomic mass is 10.1. The molecule has 0 unspecified atom stereocenters. The third-order valence-corrected chi connectivity index (χ3v) is 4.31. The molecular weight excluding hydrogens is 329 g/mol. The van der Waals surface area contributed by atoms with E-state index in [0.717, 1.165) is 35.6 Å². The quantitative estimate of drug-likeness (QED) is 0.822. The number of anilines is 1. The number of allylic oxidation sites excluding steroid dienone is 2. The molecule has 1 aliphatic heterocycles. The molecule has 26 heavy (non-hydrogen) atoms. The molecule has 134 valence electrons. The highest BCUT2D eigenvalue weighted by Crippen LogP contribution is 2.28.